The zero-order chi connectivity index (χ0) is 17.6. The smallest absolute Gasteiger partial charge is 0.110 e. The number of rotatable bonds is 2. The van der Waals surface area contributed by atoms with Gasteiger partial charge in [-0.2, -0.15) is 0 Å². The molecule has 0 fully saturated rings. The van der Waals surface area contributed by atoms with Gasteiger partial charge in [-0.15, -0.1) is 12.4 Å². The van der Waals surface area contributed by atoms with Crippen molar-refractivity contribution in [3.63, 3.8) is 0 Å². The van der Waals surface area contributed by atoms with Crippen molar-refractivity contribution in [1.29, 1.82) is 0 Å². The summed E-state index contributed by atoms with van der Waals surface area (Å²) in [6, 6.07) is 17.6. The summed E-state index contributed by atoms with van der Waals surface area (Å²) in [5.41, 5.74) is 4.68. The molecule has 2 heterocycles. The van der Waals surface area contributed by atoms with Gasteiger partial charge in [0, 0.05) is 26.6 Å². The number of halogens is 3. The number of hydrogen-bond donors (Lipinski definition) is 0. The lowest BCUT2D eigenvalue weighted by atomic mass is 9.98. The Morgan fingerprint density at radius 1 is 0.846 bits per heavy atom. The first-order valence-corrected chi connectivity index (χ1v) is 8.71. The molecule has 0 saturated heterocycles. The van der Waals surface area contributed by atoms with Crippen molar-refractivity contribution < 1.29 is 4.42 Å². The molecule has 0 unspecified atom stereocenters. The largest absolute Gasteiger partial charge is 0.466 e. The molecule has 0 spiro atoms. The van der Waals surface area contributed by atoms with Crippen molar-refractivity contribution in [2.75, 3.05) is 0 Å². The summed E-state index contributed by atoms with van der Waals surface area (Å²) < 4.78 is 5.68. The predicted molar refractivity (Wildman–Crippen MR) is 112 cm³/mol. The third-order valence-corrected chi connectivity index (χ3v) is 4.82. The molecule has 0 aliphatic heterocycles. The molecule has 5 heteroatoms. The number of aromatic nitrogens is 1. The van der Waals surface area contributed by atoms with Gasteiger partial charge < -0.3 is 4.42 Å². The lowest BCUT2D eigenvalue weighted by Gasteiger charge is -2.11. The monoisotopic (exact) mass is 403 g/mol. The summed E-state index contributed by atoms with van der Waals surface area (Å²) in [7, 11) is 0. The molecular weight excluding hydrogens is 389 g/mol. The van der Waals surface area contributed by atoms with Crippen molar-refractivity contribution in [2.24, 2.45) is 0 Å². The van der Waals surface area contributed by atoms with Gasteiger partial charge in [-0.25, -0.2) is 4.98 Å². The van der Waals surface area contributed by atoms with Crippen molar-refractivity contribution in [2.45, 2.75) is 13.8 Å². The van der Waals surface area contributed by atoms with Crippen LogP contribution in [0.15, 0.2) is 59.0 Å². The van der Waals surface area contributed by atoms with Gasteiger partial charge in [0.1, 0.15) is 11.5 Å². The predicted octanol–water partition coefficient (Wildman–Crippen LogP) is 7.51. The average Bonchev–Trinajstić information content (AvgIpc) is 2.93. The minimum absolute atomic E-state index is 0. The highest BCUT2D eigenvalue weighted by molar-refractivity contribution is 6.34. The van der Waals surface area contributed by atoms with Crippen LogP contribution in [0.5, 0.6) is 0 Å². The highest BCUT2D eigenvalue weighted by Crippen LogP contribution is 2.37. The van der Waals surface area contributed by atoms with Crippen LogP contribution in [0.3, 0.4) is 0 Å². The maximum Gasteiger partial charge on any atom is 0.110 e. The minimum atomic E-state index is 0. The van der Waals surface area contributed by atoms with Crippen LogP contribution in [0.4, 0.5) is 0 Å². The number of benzene rings is 2. The fraction of sp³-hybridized carbons (Fsp3) is 0.0952. The summed E-state index contributed by atoms with van der Waals surface area (Å²) in [5.74, 6) is 1.72. The van der Waals surface area contributed by atoms with E-state index >= 15 is 0 Å². The lowest BCUT2D eigenvalue weighted by molar-refractivity contribution is 0.505. The maximum atomic E-state index is 6.46. The highest BCUT2D eigenvalue weighted by Gasteiger charge is 2.15. The van der Waals surface area contributed by atoms with E-state index in [0.717, 1.165) is 44.8 Å². The Labute approximate surface area is 168 Å². The second kappa shape index (κ2) is 7.32. The molecule has 0 aliphatic carbocycles. The van der Waals surface area contributed by atoms with Crippen molar-refractivity contribution in [3.8, 4) is 22.4 Å². The molecule has 0 saturated carbocycles. The Balaban J connectivity index is 0.00000196. The normalized spacial score (nSPS) is 10.8. The molecule has 0 N–H and O–H groups in total. The van der Waals surface area contributed by atoms with Crippen molar-refractivity contribution >= 4 is 46.5 Å². The Hall–Kier alpha value is -2.00. The number of aryl methyl sites for hydroxylation is 2. The highest BCUT2D eigenvalue weighted by atomic mass is 35.5. The number of hydrogen-bond acceptors (Lipinski definition) is 2. The van der Waals surface area contributed by atoms with Crippen LogP contribution in [0, 0.1) is 13.8 Å². The molecule has 0 bridgehead atoms. The molecule has 0 amide bonds. The van der Waals surface area contributed by atoms with E-state index in [1.165, 1.54) is 0 Å². The molecule has 0 radical (unpaired) electrons. The average molecular weight is 405 g/mol. The topological polar surface area (TPSA) is 26.0 Å². The van der Waals surface area contributed by atoms with Crippen molar-refractivity contribution in [3.05, 3.63) is 76.2 Å². The van der Waals surface area contributed by atoms with Gasteiger partial charge in [0.25, 0.3) is 0 Å². The van der Waals surface area contributed by atoms with Crippen LogP contribution < -0.4 is 0 Å². The summed E-state index contributed by atoms with van der Waals surface area (Å²) in [6.07, 6.45) is 0. The van der Waals surface area contributed by atoms with Crippen LogP contribution in [0.2, 0.25) is 10.0 Å². The zero-order valence-corrected chi connectivity index (χ0v) is 16.5. The molecule has 4 rings (SSSR count). The summed E-state index contributed by atoms with van der Waals surface area (Å²) in [6.45, 7) is 3.89. The number of pyridine rings is 1. The van der Waals surface area contributed by atoms with E-state index < -0.39 is 0 Å². The van der Waals surface area contributed by atoms with Gasteiger partial charge in [-0.1, -0.05) is 41.4 Å². The summed E-state index contributed by atoms with van der Waals surface area (Å²) >= 11 is 12.7. The fourth-order valence-electron chi connectivity index (χ4n) is 3.12. The van der Waals surface area contributed by atoms with E-state index in [2.05, 4.69) is 6.07 Å². The Kier molecular flexibility index (Phi) is 5.29. The fourth-order valence-corrected chi connectivity index (χ4v) is 3.53. The zero-order valence-electron chi connectivity index (χ0n) is 14.2. The van der Waals surface area contributed by atoms with Crippen LogP contribution in [0.25, 0.3) is 33.3 Å². The first kappa shape index (κ1) is 18.8. The Bertz CT molecular complexity index is 1100. The molecule has 4 aromatic rings. The Morgan fingerprint density at radius 3 is 2.31 bits per heavy atom. The number of fused-ring (bicyclic) bond motifs is 1. The molecule has 2 nitrogen and oxygen atoms in total. The standard InChI is InChI=1S/C21H15Cl2NO.ClH/c1-12-9-16(13(2)25-12)21-11-17(15-5-3-4-6-19(15)23)18-10-14(22)7-8-20(18)24-21;/h3-11H,1-2H3;1H. The molecule has 0 atom stereocenters. The first-order valence-electron chi connectivity index (χ1n) is 7.95. The van der Waals surface area contributed by atoms with Gasteiger partial charge >= 0.3 is 0 Å². The van der Waals surface area contributed by atoms with Gasteiger partial charge in [0.2, 0.25) is 0 Å². The van der Waals surface area contributed by atoms with Gasteiger partial charge in [0.05, 0.1) is 11.2 Å². The number of nitrogens with zero attached hydrogens (tertiary/aromatic N) is 1. The van der Waals surface area contributed by atoms with Crippen LogP contribution in [-0.4, -0.2) is 4.98 Å². The van der Waals surface area contributed by atoms with E-state index in [-0.39, 0.29) is 12.4 Å². The molecular formula is C21H16Cl3NO. The SMILES string of the molecule is Cc1cc(-c2cc(-c3ccccc3Cl)c3cc(Cl)ccc3n2)c(C)o1.Cl. The van der Waals surface area contributed by atoms with E-state index in [1.54, 1.807) is 0 Å². The molecule has 0 aliphatic rings. The van der Waals surface area contributed by atoms with E-state index in [1.807, 2.05) is 62.4 Å². The summed E-state index contributed by atoms with van der Waals surface area (Å²) in [5, 5.41) is 2.34. The minimum Gasteiger partial charge on any atom is -0.466 e. The Morgan fingerprint density at radius 2 is 1.62 bits per heavy atom. The lowest BCUT2D eigenvalue weighted by Crippen LogP contribution is -1.91. The van der Waals surface area contributed by atoms with Gasteiger partial charge in [0.15, 0.2) is 0 Å². The molecule has 2 aromatic carbocycles. The van der Waals surface area contributed by atoms with Crippen LogP contribution in [0.1, 0.15) is 11.5 Å². The van der Waals surface area contributed by atoms with Gasteiger partial charge in [-0.3, -0.25) is 0 Å². The first-order chi connectivity index (χ1) is 12.0. The molecule has 26 heavy (non-hydrogen) atoms. The third kappa shape index (κ3) is 3.33. The quantitative estimate of drug-likeness (QED) is 0.345. The second-order valence-corrected chi connectivity index (χ2v) is 6.87. The van der Waals surface area contributed by atoms with E-state index in [4.69, 9.17) is 32.6 Å². The van der Waals surface area contributed by atoms with Crippen molar-refractivity contribution in [1.82, 2.24) is 4.98 Å². The second-order valence-electron chi connectivity index (χ2n) is 6.02. The molecule has 132 valence electrons. The van der Waals surface area contributed by atoms with E-state index in [0.29, 0.717) is 10.0 Å². The van der Waals surface area contributed by atoms with Crippen LogP contribution in [-0.2, 0) is 0 Å². The maximum absolute atomic E-state index is 6.46. The molecule has 2 aromatic heterocycles. The van der Waals surface area contributed by atoms with E-state index in [9.17, 15) is 0 Å². The van der Waals surface area contributed by atoms with Crippen LogP contribution >= 0.6 is 35.6 Å². The third-order valence-electron chi connectivity index (χ3n) is 4.25. The van der Waals surface area contributed by atoms with Gasteiger partial charge in [-0.05, 0) is 55.8 Å². The number of furan rings is 1. The summed E-state index contributed by atoms with van der Waals surface area (Å²) in [4.78, 5) is 4.81.